The molecule has 0 atom stereocenters. The summed E-state index contributed by atoms with van der Waals surface area (Å²) in [6.07, 6.45) is 4.14. The summed E-state index contributed by atoms with van der Waals surface area (Å²) in [4.78, 5) is 9.24. The summed E-state index contributed by atoms with van der Waals surface area (Å²) in [5, 5.41) is 3.14. The first kappa shape index (κ1) is 12.0. The molecule has 1 N–H and O–H groups in total. The average Bonchev–Trinajstić information content (AvgIpc) is 3.12. The second-order valence-corrected chi connectivity index (χ2v) is 5.63. The minimum absolute atomic E-state index is 0.598. The first-order chi connectivity index (χ1) is 8.70. The van der Waals surface area contributed by atoms with Crippen molar-refractivity contribution < 1.29 is 4.42 Å². The van der Waals surface area contributed by atoms with E-state index in [1.54, 1.807) is 6.26 Å². The van der Waals surface area contributed by atoms with Crippen LogP contribution in [-0.4, -0.2) is 17.0 Å². The molecule has 0 unspecified atom stereocenters. The van der Waals surface area contributed by atoms with E-state index in [0.717, 1.165) is 26.4 Å². The van der Waals surface area contributed by atoms with Gasteiger partial charge < -0.3 is 9.73 Å². The van der Waals surface area contributed by atoms with Crippen LogP contribution in [-0.2, 0) is 0 Å². The number of aryl methyl sites for hydroxylation is 1. The van der Waals surface area contributed by atoms with Crippen LogP contribution in [0.15, 0.2) is 16.7 Å². The Kier molecular flexibility index (Phi) is 3.01. The van der Waals surface area contributed by atoms with Crippen LogP contribution in [0.4, 0.5) is 5.82 Å². The van der Waals surface area contributed by atoms with Crippen LogP contribution < -0.4 is 5.32 Å². The second-order valence-electron chi connectivity index (χ2n) is 4.55. The Balaban J connectivity index is 2.15. The highest BCUT2D eigenvalue weighted by Gasteiger charge is 2.30. The number of nitrogens with one attached hydrogen (secondary N) is 1. The lowest BCUT2D eigenvalue weighted by Gasteiger charge is -2.09. The number of aromatic nitrogens is 2. The van der Waals surface area contributed by atoms with Crippen molar-refractivity contribution in [2.75, 3.05) is 12.4 Å². The lowest BCUT2D eigenvalue weighted by molar-refractivity contribution is 0.575. The van der Waals surface area contributed by atoms with Crippen molar-refractivity contribution in [2.24, 2.45) is 0 Å². The molecule has 5 heteroatoms. The van der Waals surface area contributed by atoms with Crippen LogP contribution in [0, 0.1) is 10.5 Å². The van der Waals surface area contributed by atoms with Gasteiger partial charge in [0, 0.05) is 13.0 Å². The quantitative estimate of drug-likeness (QED) is 0.856. The highest BCUT2D eigenvalue weighted by molar-refractivity contribution is 14.1. The van der Waals surface area contributed by atoms with Crippen molar-refractivity contribution in [3.05, 3.63) is 27.2 Å². The molecule has 0 aliphatic heterocycles. The normalized spacial score (nSPS) is 14.8. The Morgan fingerprint density at radius 2 is 2.17 bits per heavy atom. The van der Waals surface area contributed by atoms with Crippen LogP contribution in [0.25, 0.3) is 11.6 Å². The summed E-state index contributed by atoms with van der Waals surface area (Å²) in [5.41, 5.74) is 2.22. The van der Waals surface area contributed by atoms with Crippen LogP contribution in [0.2, 0.25) is 0 Å². The van der Waals surface area contributed by atoms with Gasteiger partial charge in [0.15, 0.2) is 11.6 Å². The highest BCUT2D eigenvalue weighted by atomic mass is 127. The van der Waals surface area contributed by atoms with Gasteiger partial charge >= 0.3 is 0 Å². The summed E-state index contributed by atoms with van der Waals surface area (Å²) >= 11 is 2.32. The SMILES string of the molecule is CNc1nc(-c2occc2C)nc(C2CC2)c1I. The van der Waals surface area contributed by atoms with Gasteiger partial charge in [0.05, 0.1) is 15.5 Å². The molecule has 1 saturated carbocycles. The molecule has 1 aliphatic carbocycles. The molecule has 18 heavy (non-hydrogen) atoms. The standard InChI is InChI=1S/C13H14IN3O/c1-7-5-6-18-11(7)13-16-10(8-3-4-8)9(14)12(15-2)17-13/h5-6,8H,3-4H2,1-2H3,(H,15,16,17). The molecule has 4 nitrogen and oxygen atoms in total. The summed E-state index contributed by atoms with van der Waals surface area (Å²) in [7, 11) is 1.89. The lowest BCUT2D eigenvalue weighted by Crippen LogP contribution is -2.04. The van der Waals surface area contributed by atoms with E-state index in [9.17, 15) is 0 Å². The van der Waals surface area contributed by atoms with Gasteiger partial charge in [-0.3, -0.25) is 0 Å². The maximum absolute atomic E-state index is 5.49. The molecule has 0 radical (unpaired) electrons. The first-order valence-electron chi connectivity index (χ1n) is 6.00. The zero-order chi connectivity index (χ0) is 12.7. The van der Waals surface area contributed by atoms with Crippen molar-refractivity contribution in [1.82, 2.24) is 9.97 Å². The number of hydrogen-bond donors (Lipinski definition) is 1. The molecule has 0 amide bonds. The van der Waals surface area contributed by atoms with Crippen LogP contribution in [0.5, 0.6) is 0 Å². The summed E-state index contributed by atoms with van der Waals surface area (Å²) < 4.78 is 6.62. The van der Waals surface area contributed by atoms with Crippen LogP contribution in [0.3, 0.4) is 0 Å². The maximum atomic E-state index is 5.49. The number of anilines is 1. The molecule has 1 fully saturated rings. The third kappa shape index (κ3) is 2.00. The molecular formula is C13H14IN3O. The molecule has 2 aromatic rings. The Labute approximate surface area is 119 Å². The Morgan fingerprint density at radius 3 is 2.72 bits per heavy atom. The Hall–Kier alpha value is -1.11. The van der Waals surface area contributed by atoms with Crippen molar-refractivity contribution in [3.8, 4) is 11.6 Å². The second kappa shape index (κ2) is 4.53. The van der Waals surface area contributed by atoms with E-state index in [1.165, 1.54) is 12.8 Å². The average molecular weight is 355 g/mol. The first-order valence-corrected chi connectivity index (χ1v) is 7.08. The van der Waals surface area contributed by atoms with Gasteiger partial charge in [0.25, 0.3) is 0 Å². The van der Waals surface area contributed by atoms with E-state index < -0.39 is 0 Å². The molecule has 2 aromatic heterocycles. The summed E-state index contributed by atoms with van der Waals surface area (Å²) in [6.45, 7) is 2.01. The molecule has 3 rings (SSSR count). The lowest BCUT2D eigenvalue weighted by atomic mass is 10.2. The molecule has 0 spiro atoms. The van der Waals surface area contributed by atoms with Gasteiger partial charge in [-0.1, -0.05) is 0 Å². The fraction of sp³-hybridized carbons (Fsp3) is 0.385. The fourth-order valence-corrected chi connectivity index (χ4v) is 2.91. The van der Waals surface area contributed by atoms with Crippen LogP contribution in [0.1, 0.15) is 30.0 Å². The summed E-state index contributed by atoms with van der Waals surface area (Å²) in [5.74, 6) is 2.94. The number of halogens is 1. The van der Waals surface area contributed by atoms with E-state index in [0.29, 0.717) is 11.7 Å². The van der Waals surface area contributed by atoms with Gasteiger partial charge in [-0.15, -0.1) is 0 Å². The Bertz CT molecular complexity index is 590. The third-order valence-electron chi connectivity index (χ3n) is 3.14. The molecule has 94 valence electrons. The number of rotatable bonds is 3. The number of hydrogen-bond acceptors (Lipinski definition) is 4. The number of nitrogens with zero attached hydrogens (tertiary/aromatic N) is 2. The largest absolute Gasteiger partial charge is 0.461 e. The zero-order valence-corrected chi connectivity index (χ0v) is 12.5. The maximum Gasteiger partial charge on any atom is 0.198 e. The van der Waals surface area contributed by atoms with Gasteiger partial charge in [0.2, 0.25) is 0 Å². The summed E-state index contributed by atoms with van der Waals surface area (Å²) in [6, 6.07) is 1.94. The van der Waals surface area contributed by atoms with Gasteiger partial charge in [-0.05, 0) is 54.0 Å². The molecule has 2 heterocycles. The molecular weight excluding hydrogens is 341 g/mol. The van der Waals surface area contributed by atoms with Crippen LogP contribution >= 0.6 is 22.6 Å². The van der Waals surface area contributed by atoms with E-state index >= 15 is 0 Å². The van der Waals surface area contributed by atoms with E-state index in [1.807, 2.05) is 20.0 Å². The van der Waals surface area contributed by atoms with Crippen molar-refractivity contribution in [1.29, 1.82) is 0 Å². The Morgan fingerprint density at radius 1 is 1.39 bits per heavy atom. The van der Waals surface area contributed by atoms with E-state index in [2.05, 4.69) is 32.9 Å². The third-order valence-corrected chi connectivity index (χ3v) is 4.21. The van der Waals surface area contributed by atoms with Crippen molar-refractivity contribution in [3.63, 3.8) is 0 Å². The zero-order valence-electron chi connectivity index (χ0n) is 10.3. The number of furan rings is 1. The van der Waals surface area contributed by atoms with E-state index in [-0.39, 0.29) is 0 Å². The topological polar surface area (TPSA) is 51.0 Å². The van der Waals surface area contributed by atoms with Crippen molar-refractivity contribution >= 4 is 28.4 Å². The predicted octanol–water partition coefficient (Wildman–Crippen LogP) is 3.57. The molecule has 0 aromatic carbocycles. The minimum Gasteiger partial charge on any atom is -0.461 e. The fourth-order valence-electron chi connectivity index (χ4n) is 1.96. The minimum atomic E-state index is 0.598. The van der Waals surface area contributed by atoms with Gasteiger partial charge in [0.1, 0.15) is 5.82 Å². The highest BCUT2D eigenvalue weighted by Crippen LogP contribution is 2.43. The molecule has 0 saturated heterocycles. The van der Waals surface area contributed by atoms with Gasteiger partial charge in [-0.25, -0.2) is 9.97 Å². The molecule has 1 aliphatic rings. The van der Waals surface area contributed by atoms with Crippen molar-refractivity contribution in [2.45, 2.75) is 25.7 Å². The smallest absolute Gasteiger partial charge is 0.198 e. The monoisotopic (exact) mass is 355 g/mol. The molecule has 0 bridgehead atoms. The van der Waals surface area contributed by atoms with E-state index in [4.69, 9.17) is 9.40 Å². The predicted molar refractivity (Wildman–Crippen MR) is 78.7 cm³/mol. The van der Waals surface area contributed by atoms with Gasteiger partial charge in [-0.2, -0.15) is 0 Å².